The molecule has 5 rings (SSSR count). The van der Waals surface area contributed by atoms with Crippen molar-refractivity contribution in [2.24, 2.45) is 0 Å². The van der Waals surface area contributed by atoms with Crippen LogP contribution in [0.2, 0.25) is 0 Å². The van der Waals surface area contributed by atoms with Crippen molar-refractivity contribution in [3.63, 3.8) is 0 Å². The van der Waals surface area contributed by atoms with Gasteiger partial charge in [0, 0.05) is 56.6 Å². The summed E-state index contributed by atoms with van der Waals surface area (Å²) in [6.07, 6.45) is 7.08. The third kappa shape index (κ3) is 4.58. The second kappa shape index (κ2) is 9.60. The number of benzene rings is 1. The number of anilines is 1. The largest absolute Gasteiger partial charge is 0.530 e. The van der Waals surface area contributed by atoms with E-state index < -0.39 is 6.09 Å². The number of fused-ring (bicyclic) bond motifs is 1. The maximum Gasteiger partial charge on any atom is 0.146 e. The van der Waals surface area contributed by atoms with Crippen molar-refractivity contribution < 1.29 is 9.90 Å². The van der Waals surface area contributed by atoms with E-state index in [1.807, 2.05) is 24.3 Å². The molecule has 2 fully saturated rings. The number of nitrogen functional groups attached to an aromatic ring is 1. The second-order valence-electron chi connectivity index (χ2n) is 9.55. The van der Waals surface area contributed by atoms with Crippen molar-refractivity contribution in [1.82, 2.24) is 29.7 Å². The van der Waals surface area contributed by atoms with Crippen LogP contribution in [-0.4, -0.2) is 69.7 Å². The van der Waals surface area contributed by atoms with E-state index in [0.717, 1.165) is 53.7 Å². The number of nitrogens with two attached hydrogens (primary N) is 1. The average Bonchev–Trinajstić information content (AvgIpc) is 3.25. The minimum atomic E-state index is -1.28. The summed E-state index contributed by atoms with van der Waals surface area (Å²) in [5.41, 5.74) is 10.1. The first-order valence-corrected chi connectivity index (χ1v) is 12.1. The van der Waals surface area contributed by atoms with Gasteiger partial charge in [0.25, 0.3) is 0 Å². The number of hydrogen-bond donors (Lipinski definition) is 2. The molecule has 0 atom stereocenters. The number of carbonyl (C=O) groups excluding carboxylic acids is 1. The van der Waals surface area contributed by atoms with E-state index in [1.165, 1.54) is 25.9 Å². The average molecular weight is 463 g/mol. The van der Waals surface area contributed by atoms with Gasteiger partial charge in [-0.15, -0.1) is 0 Å². The summed E-state index contributed by atoms with van der Waals surface area (Å²) < 4.78 is 2.30. The number of piperazine rings is 1. The van der Waals surface area contributed by atoms with Gasteiger partial charge in [-0.3, -0.25) is 4.90 Å². The van der Waals surface area contributed by atoms with E-state index in [1.54, 1.807) is 6.33 Å². The third-order valence-corrected chi connectivity index (χ3v) is 7.45. The number of carboxylic acid groups (broad SMARTS) is 1. The summed E-state index contributed by atoms with van der Waals surface area (Å²) in [4.78, 5) is 24.6. The van der Waals surface area contributed by atoms with Gasteiger partial charge in [0.05, 0.1) is 5.39 Å². The fraction of sp³-hybridized carbons (Fsp3) is 0.480. The predicted octanol–water partition coefficient (Wildman–Crippen LogP) is 1.84. The molecule has 1 aliphatic heterocycles. The van der Waals surface area contributed by atoms with Crippen LogP contribution in [0.3, 0.4) is 0 Å². The lowest BCUT2D eigenvalue weighted by molar-refractivity contribution is -0.251. The molecule has 0 spiro atoms. The molecular formula is C25H32N7O2-. The fourth-order valence-electron chi connectivity index (χ4n) is 5.47. The van der Waals surface area contributed by atoms with E-state index in [9.17, 15) is 9.90 Å². The number of aromatic nitrogens is 3. The molecule has 0 unspecified atom stereocenters. The Morgan fingerprint density at radius 3 is 2.41 bits per heavy atom. The molecule has 2 aliphatic rings. The van der Waals surface area contributed by atoms with Crippen molar-refractivity contribution >= 4 is 22.9 Å². The topological polar surface area (TPSA) is 115 Å². The van der Waals surface area contributed by atoms with Crippen molar-refractivity contribution in [1.29, 1.82) is 0 Å². The van der Waals surface area contributed by atoms with Crippen LogP contribution in [0.25, 0.3) is 22.2 Å². The molecule has 2 aromatic heterocycles. The number of nitrogens with zero attached hydrogens (tertiary/aromatic N) is 5. The molecule has 9 nitrogen and oxygen atoms in total. The summed E-state index contributed by atoms with van der Waals surface area (Å²) >= 11 is 0. The maximum absolute atomic E-state index is 10.7. The van der Waals surface area contributed by atoms with Crippen LogP contribution in [-0.2, 0) is 6.54 Å². The number of nitrogens with one attached hydrogen (secondary N) is 1. The Morgan fingerprint density at radius 2 is 1.74 bits per heavy atom. The quantitative estimate of drug-likeness (QED) is 0.594. The lowest BCUT2D eigenvalue weighted by Gasteiger charge is -2.41. The number of hydrogen-bond acceptors (Lipinski definition) is 7. The Labute approximate surface area is 199 Å². The molecule has 1 saturated carbocycles. The summed E-state index contributed by atoms with van der Waals surface area (Å²) in [7, 11) is 2.20. The molecule has 34 heavy (non-hydrogen) atoms. The molecular weight excluding hydrogens is 430 g/mol. The summed E-state index contributed by atoms with van der Waals surface area (Å²) in [6, 6.07) is 8.87. The second-order valence-corrected chi connectivity index (χ2v) is 9.55. The predicted molar refractivity (Wildman–Crippen MR) is 130 cm³/mol. The zero-order valence-electron chi connectivity index (χ0n) is 19.6. The normalized spacial score (nSPS) is 22.1. The molecule has 180 valence electrons. The van der Waals surface area contributed by atoms with Crippen LogP contribution in [0.5, 0.6) is 0 Å². The van der Waals surface area contributed by atoms with Crippen LogP contribution in [0.1, 0.15) is 37.3 Å². The van der Waals surface area contributed by atoms with Crippen LogP contribution >= 0.6 is 0 Å². The smallest absolute Gasteiger partial charge is 0.146 e. The highest BCUT2D eigenvalue weighted by atomic mass is 16.4. The fourth-order valence-corrected chi connectivity index (χ4v) is 5.47. The molecule has 1 aliphatic carbocycles. The Kier molecular flexibility index (Phi) is 6.38. The van der Waals surface area contributed by atoms with Gasteiger partial charge in [-0.1, -0.05) is 24.3 Å². The molecule has 3 N–H and O–H groups in total. The monoisotopic (exact) mass is 462 g/mol. The summed E-state index contributed by atoms with van der Waals surface area (Å²) in [5, 5.41) is 13.8. The van der Waals surface area contributed by atoms with Gasteiger partial charge in [-0.2, -0.15) is 0 Å². The van der Waals surface area contributed by atoms with Gasteiger partial charge in [-0.25, -0.2) is 9.97 Å². The Balaban J connectivity index is 1.37. The van der Waals surface area contributed by atoms with Gasteiger partial charge in [0.15, 0.2) is 0 Å². The lowest BCUT2D eigenvalue weighted by atomic mass is 9.89. The van der Waals surface area contributed by atoms with Gasteiger partial charge in [0.1, 0.15) is 23.9 Å². The molecule has 1 aromatic carbocycles. The highest BCUT2D eigenvalue weighted by molar-refractivity contribution is 6.00. The van der Waals surface area contributed by atoms with Crippen LogP contribution in [0.4, 0.5) is 10.6 Å². The molecule has 9 heteroatoms. The van der Waals surface area contributed by atoms with Gasteiger partial charge >= 0.3 is 0 Å². The van der Waals surface area contributed by atoms with Crippen molar-refractivity contribution in [2.45, 2.75) is 44.3 Å². The van der Waals surface area contributed by atoms with Crippen molar-refractivity contribution in [3.8, 4) is 11.1 Å². The first-order chi connectivity index (χ1) is 16.5. The Morgan fingerprint density at radius 1 is 1.06 bits per heavy atom. The Bertz CT molecular complexity index is 1140. The molecule has 3 heterocycles. The minimum Gasteiger partial charge on any atom is -0.530 e. The van der Waals surface area contributed by atoms with E-state index in [-0.39, 0.29) is 6.54 Å². The van der Waals surface area contributed by atoms with Gasteiger partial charge < -0.3 is 30.4 Å². The van der Waals surface area contributed by atoms with E-state index in [0.29, 0.717) is 17.9 Å². The highest BCUT2D eigenvalue weighted by Crippen LogP contribution is 2.39. The number of amides is 1. The zero-order valence-corrected chi connectivity index (χ0v) is 19.6. The van der Waals surface area contributed by atoms with Crippen molar-refractivity contribution in [2.75, 3.05) is 39.0 Å². The minimum absolute atomic E-state index is 0.214. The van der Waals surface area contributed by atoms with Crippen LogP contribution in [0, 0.1) is 0 Å². The SMILES string of the molecule is CN1CCN(C2CCC(n3cc(-c4ccc(CNC(=O)[O-])cc4)c4c(N)ncnc43)CC2)CC1. The number of likely N-dealkylation sites (N-methyl/N-ethyl adjacent to an activating group) is 1. The molecule has 0 bridgehead atoms. The highest BCUT2D eigenvalue weighted by Gasteiger charge is 2.29. The molecule has 1 amide bonds. The maximum atomic E-state index is 10.7. The Hall–Kier alpha value is -3.17. The zero-order chi connectivity index (χ0) is 23.7. The van der Waals surface area contributed by atoms with Gasteiger partial charge in [-0.05, 0) is 43.9 Å². The van der Waals surface area contributed by atoms with Crippen LogP contribution in [0.15, 0.2) is 36.8 Å². The first kappa shape index (κ1) is 22.6. The molecule has 0 radical (unpaired) electrons. The van der Waals surface area contributed by atoms with E-state index in [4.69, 9.17) is 5.73 Å². The van der Waals surface area contributed by atoms with Crippen LogP contribution < -0.4 is 16.2 Å². The molecule has 3 aromatic rings. The summed E-state index contributed by atoms with van der Waals surface area (Å²) in [6.45, 7) is 4.86. The molecule has 1 saturated heterocycles. The third-order valence-electron chi connectivity index (χ3n) is 7.45. The van der Waals surface area contributed by atoms with Gasteiger partial charge in [0.2, 0.25) is 0 Å². The first-order valence-electron chi connectivity index (χ1n) is 12.1. The lowest BCUT2D eigenvalue weighted by Crippen LogP contribution is -2.49. The number of carbonyl (C=O) groups is 1. The van der Waals surface area contributed by atoms with E-state index in [2.05, 4.69) is 42.9 Å². The van der Waals surface area contributed by atoms with Crippen molar-refractivity contribution in [3.05, 3.63) is 42.4 Å². The number of rotatable bonds is 5. The standard InChI is InChI=1S/C25H33N7O2/c1-30-10-12-31(13-11-30)19-6-8-20(9-7-19)32-15-21(22-23(26)28-16-29-24(22)32)18-4-2-17(3-5-18)14-27-25(33)34/h2-5,15-16,19-20,27H,6-14H2,1H3,(H,33,34)(H2,26,28,29)/p-1. The summed E-state index contributed by atoms with van der Waals surface area (Å²) in [5.74, 6) is 0.479. The van der Waals surface area contributed by atoms with E-state index >= 15 is 0 Å².